The molecular weight excluding hydrogens is 290 g/mol. The summed E-state index contributed by atoms with van der Waals surface area (Å²) < 4.78 is 5.27. The highest BCUT2D eigenvalue weighted by Crippen LogP contribution is 2.51. The average molecular weight is 315 g/mol. The molecule has 2 N–H and O–H groups in total. The Morgan fingerprint density at radius 2 is 2.13 bits per heavy atom. The Hall–Kier alpha value is -1.55. The summed E-state index contributed by atoms with van der Waals surface area (Å²) in [7, 11) is 1.67. The highest BCUT2D eigenvalue weighted by atomic mass is 16.5. The molecule has 4 nitrogen and oxygen atoms in total. The molecule has 0 aromatic heterocycles. The van der Waals surface area contributed by atoms with Gasteiger partial charge in [0.2, 0.25) is 5.91 Å². The van der Waals surface area contributed by atoms with E-state index in [1.165, 1.54) is 24.8 Å². The largest absolute Gasteiger partial charge is 0.497 e. The molecule has 3 aliphatic rings. The van der Waals surface area contributed by atoms with Gasteiger partial charge in [0.25, 0.3) is 0 Å². The van der Waals surface area contributed by atoms with Crippen molar-refractivity contribution in [2.24, 2.45) is 23.7 Å². The molecule has 3 fully saturated rings. The van der Waals surface area contributed by atoms with Gasteiger partial charge in [0, 0.05) is 24.5 Å². The van der Waals surface area contributed by atoms with Gasteiger partial charge in [-0.3, -0.25) is 4.79 Å². The van der Waals surface area contributed by atoms with Crippen molar-refractivity contribution in [1.29, 1.82) is 0 Å². The SMILES string of the molecule is COc1cccc(C2CC2C(=O)NC2C3CCC(C3)C2CO)c1. The molecular formula is C19H25NO3. The normalized spacial score (nSPS) is 37.7. The summed E-state index contributed by atoms with van der Waals surface area (Å²) in [4.78, 5) is 12.6. The third-order valence-corrected chi connectivity index (χ3v) is 6.26. The van der Waals surface area contributed by atoms with Gasteiger partial charge in [-0.1, -0.05) is 12.1 Å². The highest BCUT2D eigenvalue weighted by molar-refractivity contribution is 5.83. The molecule has 6 unspecified atom stereocenters. The van der Waals surface area contributed by atoms with E-state index < -0.39 is 0 Å². The Bertz CT molecular complexity index is 602. The molecule has 124 valence electrons. The van der Waals surface area contributed by atoms with E-state index in [9.17, 15) is 9.90 Å². The summed E-state index contributed by atoms with van der Waals surface area (Å²) in [5, 5.41) is 12.9. The second-order valence-electron chi connectivity index (χ2n) is 7.44. The first-order chi connectivity index (χ1) is 11.2. The predicted octanol–water partition coefficient (Wildman–Crippen LogP) is 2.32. The number of benzene rings is 1. The van der Waals surface area contributed by atoms with Crippen LogP contribution in [0.5, 0.6) is 5.75 Å². The fraction of sp³-hybridized carbons (Fsp3) is 0.632. The maximum absolute atomic E-state index is 12.6. The van der Waals surface area contributed by atoms with Gasteiger partial charge in [0.05, 0.1) is 7.11 Å². The number of ether oxygens (including phenoxy) is 1. The van der Waals surface area contributed by atoms with Crippen LogP contribution in [0.1, 0.15) is 37.2 Å². The van der Waals surface area contributed by atoms with Crippen LogP contribution < -0.4 is 10.1 Å². The Labute approximate surface area is 137 Å². The monoisotopic (exact) mass is 315 g/mol. The summed E-state index contributed by atoms with van der Waals surface area (Å²) in [5.41, 5.74) is 1.19. The van der Waals surface area contributed by atoms with Crippen LogP contribution >= 0.6 is 0 Å². The second kappa shape index (κ2) is 5.82. The van der Waals surface area contributed by atoms with Crippen LogP contribution in [0.3, 0.4) is 0 Å². The minimum absolute atomic E-state index is 0.0839. The van der Waals surface area contributed by atoms with E-state index in [1.807, 2.05) is 18.2 Å². The van der Waals surface area contributed by atoms with Crippen LogP contribution in [0.15, 0.2) is 24.3 Å². The van der Waals surface area contributed by atoms with Gasteiger partial charge >= 0.3 is 0 Å². The Kier molecular flexibility index (Phi) is 3.80. The lowest BCUT2D eigenvalue weighted by atomic mass is 9.85. The minimum atomic E-state index is 0.0839. The first kappa shape index (κ1) is 15.0. The van der Waals surface area contributed by atoms with Crippen molar-refractivity contribution < 1.29 is 14.6 Å². The molecule has 0 radical (unpaired) electrons. The first-order valence-corrected chi connectivity index (χ1v) is 8.76. The van der Waals surface area contributed by atoms with Crippen LogP contribution in [-0.4, -0.2) is 30.8 Å². The van der Waals surface area contributed by atoms with Gasteiger partial charge in [0.1, 0.15) is 5.75 Å². The van der Waals surface area contributed by atoms with E-state index in [0.717, 1.165) is 12.2 Å². The van der Waals surface area contributed by atoms with Crippen molar-refractivity contribution in [2.45, 2.75) is 37.6 Å². The van der Waals surface area contributed by atoms with Crippen molar-refractivity contribution >= 4 is 5.91 Å². The maximum Gasteiger partial charge on any atom is 0.223 e. The van der Waals surface area contributed by atoms with Crippen LogP contribution in [0.4, 0.5) is 0 Å². The zero-order chi connectivity index (χ0) is 16.0. The van der Waals surface area contributed by atoms with Crippen molar-refractivity contribution in [2.75, 3.05) is 13.7 Å². The molecule has 0 spiro atoms. The fourth-order valence-corrected chi connectivity index (χ4v) is 4.89. The van der Waals surface area contributed by atoms with Gasteiger partial charge in [-0.25, -0.2) is 0 Å². The average Bonchev–Trinajstić information content (AvgIpc) is 3.15. The van der Waals surface area contributed by atoms with E-state index in [0.29, 0.717) is 17.8 Å². The maximum atomic E-state index is 12.6. The standard InChI is InChI=1S/C19H25NO3/c1-23-14-4-2-3-11(8-14)15-9-16(15)19(22)20-18-13-6-5-12(7-13)17(18)10-21/h2-4,8,12-13,15-18,21H,5-7,9-10H2,1H3,(H,20,22). The number of carbonyl (C=O) groups is 1. The summed E-state index contributed by atoms with van der Waals surface area (Å²) in [5.74, 6) is 2.89. The number of hydrogen-bond acceptors (Lipinski definition) is 3. The zero-order valence-corrected chi connectivity index (χ0v) is 13.6. The van der Waals surface area contributed by atoms with E-state index in [4.69, 9.17) is 4.74 Å². The number of hydrogen-bond donors (Lipinski definition) is 2. The summed E-state index contributed by atoms with van der Waals surface area (Å²) in [6.45, 7) is 0.204. The summed E-state index contributed by atoms with van der Waals surface area (Å²) >= 11 is 0. The van der Waals surface area contributed by atoms with Gasteiger partial charge in [-0.15, -0.1) is 0 Å². The Balaban J connectivity index is 1.39. The summed E-state index contributed by atoms with van der Waals surface area (Å²) in [6.07, 6.45) is 4.53. The molecule has 0 aliphatic heterocycles. The van der Waals surface area contributed by atoms with Crippen molar-refractivity contribution in [3.63, 3.8) is 0 Å². The lowest BCUT2D eigenvalue weighted by molar-refractivity contribution is -0.124. The van der Waals surface area contributed by atoms with Gasteiger partial charge in [-0.05, 0) is 61.1 Å². The first-order valence-electron chi connectivity index (χ1n) is 8.76. The molecule has 3 saturated carbocycles. The van der Waals surface area contributed by atoms with E-state index in [1.54, 1.807) is 7.11 Å². The Morgan fingerprint density at radius 3 is 2.91 bits per heavy atom. The minimum Gasteiger partial charge on any atom is -0.497 e. The third kappa shape index (κ3) is 2.63. The molecule has 6 atom stereocenters. The highest BCUT2D eigenvalue weighted by Gasteiger charge is 2.50. The van der Waals surface area contributed by atoms with Crippen LogP contribution in [0.2, 0.25) is 0 Å². The Morgan fingerprint density at radius 1 is 1.30 bits per heavy atom. The van der Waals surface area contributed by atoms with Crippen LogP contribution in [-0.2, 0) is 4.79 Å². The van der Waals surface area contributed by atoms with Crippen molar-refractivity contribution in [1.82, 2.24) is 5.32 Å². The number of nitrogens with one attached hydrogen (secondary N) is 1. The molecule has 23 heavy (non-hydrogen) atoms. The molecule has 4 rings (SSSR count). The lowest BCUT2D eigenvalue weighted by Crippen LogP contribution is -2.45. The number of rotatable bonds is 5. The van der Waals surface area contributed by atoms with E-state index in [-0.39, 0.29) is 30.4 Å². The third-order valence-electron chi connectivity index (χ3n) is 6.26. The summed E-state index contributed by atoms with van der Waals surface area (Å²) in [6, 6.07) is 8.22. The number of methoxy groups -OCH3 is 1. The second-order valence-corrected chi connectivity index (χ2v) is 7.44. The molecule has 3 aliphatic carbocycles. The molecule has 1 aromatic carbocycles. The number of carbonyl (C=O) groups excluding carboxylic acids is 1. The zero-order valence-electron chi connectivity index (χ0n) is 13.6. The van der Waals surface area contributed by atoms with Crippen molar-refractivity contribution in [3.05, 3.63) is 29.8 Å². The number of amides is 1. The number of fused-ring (bicyclic) bond motifs is 2. The molecule has 0 saturated heterocycles. The van der Waals surface area contributed by atoms with Crippen LogP contribution in [0.25, 0.3) is 0 Å². The topological polar surface area (TPSA) is 58.6 Å². The molecule has 4 heteroatoms. The lowest BCUT2D eigenvalue weighted by Gasteiger charge is -2.30. The molecule has 1 aromatic rings. The molecule has 0 heterocycles. The van der Waals surface area contributed by atoms with Gasteiger partial charge < -0.3 is 15.2 Å². The fourth-order valence-electron chi connectivity index (χ4n) is 4.89. The molecule has 1 amide bonds. The van der Waals surface area contributed by atoms with Gasteiger partial charge in [-0.2, -0.15) is 0 Å². The van der Waals surface area contributed by atoms with E-state index in [2.05, 4.69) is 11.4 Å². The van der Waals surface area contributed by atoms with Crippen LogP contribution in [0, 0.1) is 23.7 Å². The quantitative estimate of drug-likeness (QED) is 0.877. The number of aliphatic hydroxyl groups excluding tert-OH is 1. The predicted molar refractivity (Wildman–Crippen MR) is 87.2 cm³/mol. The number of aliphatic hydroxyl groups is 1. The van der Waals surface area contributed by atoms with Gasteiger partial charge in [0.15, 0.2) is 0 Å². The smallest absolute Gasteiger partial charge is 0.223 e. The van der Waals surface area contributed by atoms with E-state index >= 15 is 0 Å². The van der Waals surface area contributed by atoms with Crippen molar-refractivity contribution in [3.8, 4) is 5.75 Å². The molecule has 2 bridgehead atoms.